The van der Waals surface area contributed by atoms with Gasteiger partial charge in [0.05, 0.1) is 17.4 Å². The lowest BCUT2D eigenvalue weighted by Gasteiger charge is -2.08. The van der Waals surface area contributed by atoms with Crippen LogP contribution in [0, 0.1) is 13.8 Å². The molecule has 0 fully saturated rings. The van der Waals surface area contributed by atoms with E-state index in [0.717, 1.165) is 21.4 Å². The number of hydrogen-bond acceptors (Lipinski definition) is 2. The van der Waals surface area contributed by atoms with E-state index in [-0.39, 0.29) is 5.91 Å². The summed E-state index contributed by atoms with van der Waals surface area (Å²) >= 11 is 3.40. The van der Waals surface area contributed by atoms with E-state index in [4.69, 9.17) is 0 Å². The molecule has 0 radical (unpaired) electrons. The van der Waals surface area contributed by atoms with Crippen LogP contribution in [0.1, 0.15) is 21.5 Å². The first-order valence-electron chi connectivity index (χ1n) is 7.22. The number of hydrogen-bond donors (Lipinski definition) is 1. The number of rotatable bonds is 3. The number of anilines is 1. The third-order valence-corrected chi connectivity index (χ3v) is 4.09. The molecule has 3 rings (SSSR count). The Morgan fingerprint density at radius 1 is 1.13 bits per heavy atom. The van der Waals surface area contributed by atoms with Crippen molar-refractivity contribution in [3.8, 4) is 5.69 Å². The fourth-order valence-corrected chi connectivity index (χ4v) is 2.59. The standard InChI is InChI=1S/C18H16BrN3O/c1-12-3-8-17(13(2)9-12)21-18(23)14-10-20-22(11-14)16-6-4-15(19)5-7-16/h3-11H,1-2H3,(H,21,23). The summed E-state index contributed by atoms with van der Waals surface area (Å²) in [6.07, 6.45) is 3.29. The van der Waals surface area contributed by atoms with Gasteiger partial charge in [0.1, 0.15) is 0 Å². The number of benzene rings is 2. The number of aromatic nitrogens is 2. The summed E-state index contributed by atoms with van der Waals surface area (Å²) in [7, 11) is 0. The van der Waals surface area contributed by atoms with Gasteiger partial charge in [0, 0.05) is 16.4 Å². The van der Waals surface area contributed by atoms with Crippen molar-refractivity contribution in [1.82, 2.24) is 9.78 Å². The van der Waals surface area contributed by atoms with Crippen molar-refractivity contribution in [3.63, 3.8) is 0 Å². The number of carbonyl (C=O) groups is 1. The molecule has 0 atom stereocenters. The second-order valence-electron chi connectivity index (χ2n) is 5.42. The largest absolute Gasteiger partial charge is 0.322 e. The number of carbonyl (C=O) groups excluding carboxylic acids is 1. The van der Waals surface area contributed by atoms with Gasteiger partial charge >= 0.3 is 0 Å². The SMILES string of the molecule is Cc1ccc(NC(=O)c2cnn(-c3ccc(Br)cc3)c2)c(C)c1. The fourth-order valence-electron chi connectivity index (χ4n) is 2.32. The zero-order chi connectivity index (χ0) is 16.4. The summed E-state index contributed by atoms with van der Waals surface area (Å²) < 4.78 is 2.69. The highest BCUT2D eigenvalue weighted by Gasteiger charge is 2.11. The monoisotopic (exact) mass is 369 g/mol. The van der Waals surface area contributed by atoms with Crippen molar-refractivity contribution in [3.05, 3.63) is 76.0 Å². The normalized spacial score (nSPS) is 10.6. The maximum absolute atomic E-state index is 12.4. The smallest absolute Gasteiger partial charge is 0.258 e. The minimum Gasteiger partial charge on any atom is -0.322 e. The average molecular weight is 370 g/mol. The number of halogens is 1. The summed E-state index contributed by atoms with van der Waals surface area (Å²) in [4.78, 5) is 12.4. The van der Waals surface area contributed by atoms with Crippen LogP contribution < -0.4 is 5.32 Å². The van der Waals surface area contributed by atoms with Crippen LogP contribution in [0.4, 0.5) is 5.69 Å². The number of aryl methyl sites for hydroxylation is 2. The van der Waals surface area contributed by atoms with Gasteiger partial charge in [-0.05, 0) is 49.7 Å². The van der Waals surface area contributed by atoms with Crippen molar-refractivity contribution >= 4 is 27.5 Å². The lowest BCUT2D eigenvalue weighted by molar-refractivity contribution is 0.102. The van der Waals surface area contributed by atoms with Gasteiger partial charge in [-0.2, -0.15) is 5.10 Å². The van der Waals surface area contributed by atoms with Crippen LogP contribution in [-0.4, -0.2) is 15.7 Å². The van der Waals surface area contributed by atoms with Crippen molar-refractivity contribution in [2.24, 2.45) is 0 Å². The van der Waals surface area contributed by atoms with Gasteiger partial charge in [-0.15, -0.1) is 0 Å². The third-order valence-electron chi connectivity index (χ3n) is 3.57. The van der Waals surface area contributed by atoms with E-state index in [9.17, 15) is 4.79 Å². The first kappa shape index (κ1) is 15.5. The maximum atomic E-state index is 12.4. The molecule has 0 saturated heterocycles. The summed E-state index contributed by atoms with van der Waals surface area (Å²) in [5, 5.41) is 7.18. The van der Waals surface area contributed by atoms with Gasteiger partial charge < -0.3 is 5.32 Å². The van der Waals surface area contributed by atoms with Crippen LogP contribution >= 0.6 is 15.9 Å². The molecule has 0 unspecified atom stereocenters. The fraction of sp³-hybridized carbons (Fsp3) is 0.111. The Morgan fingerprint density at radius 2 is 1.87 bits per heavy atom. The van der Waals surface area contributed by atoms with Gasteiger partial charge in [0.15, 0.2) is 0 Å². The van der Waals surface area contributed by atoms with Crippen molar-refractivity contribution in [2.45, 2.75) is 13.8 Å². The number of amides is 1. The molecular formula is C18H16BrN3O. The van der Waals surface area contributed by atoms with E-state index in [1.54, 1.807) is 17.1 Å². The van der Waals surface area contributed by atoms with Crippen LogP contribution in [0.3, 0.4) is 0 Å². The first-order chi connectivity index (χ1) is 11.0. The second-order valence-corrected chi connectivity index (χ2v) is 6.34. The molecule has 1 aromatic heterocycles. The molecule has 0 aliphatic heterocycles. The molecule has 1 N–H and O–H groups in total. The highest BCUT2D eigenvalue weighted by Crippen LogP contribution is 2.18. The van der Waals surface area contributed by atoms with Crippen LogP contribution in [0.25, 0.3) is 5.69 Å². The highest BCUT2D eigenvalue weighted by molar-refractivity contribution is 9.10. The molecule has 0 spiro atoms. The number of nitrogens with zero attached hydrogens (tertiary/aromatic N) is 2. The number of nitrogens with one attached hydrogen (secondary N) is 1. The molecule has 0 aliphatic rings. The van der Waals surface area contributed by atoms with E-state index < -0.39 is 0 Å². The lowest BCUT2D eigenvalue weighted by Crippen LogP contribution is -2.12. The molecule has 4 nitrogen and oxygen atoms in total. The molecule has 2 aromatic carbocycles. The van der Waals surface area contributed by atoms with E-state index in [1.807, 2.05) is 56.3 Å². The summed E-state index contributed by atoms with van der Waals surface area (Å²) in [6.45, 7) is 4.01. The molecule has 0 aliphatic carbocycles. The Bertz CT molecular complexity index is 853. The summed E-state index contributed by atoms with van der Waals surface area (Å²) in [5.41, 5.74) is 4.45. The van der Waals surface area contributed by atoms with Gasteiger partial charge in [0.2, 0.25) is 0 Å². The predicted octanol–water partition coefficient (Wildman–Crippen LogP) is 4.50. The molecule has 23 heavy (non-hydrogen) atoms. The highest BCUT2D eigenvalue weighted by atomic mass is 79.9. The molecule has 0 bridgehead atoms. The maximum Gasteiger partial charge on any atom is 0.258 e. The zero-order valence-corrected chi connectivity index (χ0v) is 14.5. The molecule has 1 amide bonds. The predicted molar refractivity (Wildman–Crippen MR) is 95.1 cm³/mol. The zero-order valence-electron chi connectivity index (χ0n) is 12.9. The molecule has 116 valence electrons. The van der Waals surface area contributed by atoms with Crippen LogP contribution in [0.15, 0.2) is 59.3 Å². The van der Waals surface area contributed by atoms with Crippen LogP contribution in [-0.2, 0) is 0 Å². The quantitative estimate of drug-likeness (QED) is 0.738. The Morgan fingerprint density at radius 3 is 2.57 bits per heavy atom. The first-order valence-corrected chi connectivity index (χ1v) is 8.01. The van der Waals surface area contributed by atoms with Gasteiger partial charge in [-0.1, -0.05) is 33.6 Å². The Hall–Kier alpha value is -2.40. The van der Waals surface area contributed by atoms with Gasteiger partial charge in [-0.3, -0.25) is 4.79 Å². The van der Waals surface area contributed by atoms with Gasteiger partial charge in [-0.25, -0.2) is 4.68 Å². The van der Waals surface area contributed by atoms with Gasteiger partial charge in [0.25, 0.3) is 5.91 Å². The molecule has 5 heteroatoms. The third kappa shape index (κ3) is 3.51. The van der Waals surface area contributed by atoms with Crippen LogP contribution in [0.5, 0.6) is 0 Å². The second kappa shape index (κ2) is 6.38. The van der Waals surface area contributed by atoms with E-state index >= 15 is 0 Å². The van der Waals surface area contributed by atoms with Crippen LogP contribution in [0.2, 0.25) is 0 Å². The molecule has 1 heterocycles. The minimum atomic E-state index is -0.166. The van der Waals surface area contributed by atoms with Crippen molar-refractivity contribution in [1.29, 1.82) is 0 Å². The van der Waals surface area contributed by atoms with E-state index in [0.29, 0.717) is 5.56 Å². The Labute approximate surface area is 143 Å². The summed E-state index contributed by atoms with van der Waals surface area (Å²) in [5.74, 6) is -0.166. The molecule has 3 aromatic rings. The van der Waals surface area contributed by atoms with Crippen molar-refractivity contribution < 1.29 is 4.79 Å². The Balaban J connectivity index is 1.79. The molecule has 0 saturated carbocycles. The van der Waals surface area contributed by atoms with E-state index in [2.05, 4.69) is 26.3 Å². The Kier molecular flexibility index (Phi) is 4.30. The average Bonchev–Trinajstić information content (AvgIpc) is 3.01. The van der Waals surface area contributed by atoms with E-state index in [1.165, 1.54) is 5.56 Å². The topological polar surface area (TPSA) is 46.9 Å². The lowest BCUT2D eigenvalue weighted by atomic mass is 10.1. The van der Waals surface area contributed by atoms with Crippen molar-refractivity contribution in [2.75, 3.05) is 5.32 Å². The minimum absolute atomic E-state index is 0.166. The summed E-state index contributed by atoms with van der Waals surface area (Å²) in [6, 6.07) is 13.7. The molecular weight excluding hydrogens is 354 g/mol.